The summed E-state index contributed by atoms with van der Waals surface area (Å²) >= 11 is 0. The number of nitrogens with zero attached hydrogens (tertiary/aromatic N) is 1. The summed E-state index contributed by atoms with van der Waals surface area (Å²) < 4.78 is 0. The number of nitrogens with one attached hydrogen (secondary N) is 1. The van der Waals surface area contributed by atoms with Gasteiger partial charge < -0.3 is 5.32 Å². The number of hydrogen-bond acceptors (Lipinski definition) is 2. The Bertz CT molecular complexity index is 405. The largest absolute Gasteiger partial charge is 0.312 e. The normalized spacial score (nSPS) is 17.1. The van der Waals surface area contributed by atoms with Crippen molar-refractivity contribution in [1.29, 1.82) is 5.26 Å². The Morgan fingerprint density at radius 1 is 1.40 bits per heavy atom. The van der Waals surface area contributed by atoms with Crippen LogP contribution in [0.15, 0.2) is 18.2 Å². The molecule has 0 saturated carbocycles. The first kappa shape index (κ1) is 12.0. The lowest BCUT2D eigenvalue weighted by Crippen LogP contribution is -2.39. The molecule has 0 radical (unpaired) electrons. The predicted molar refractivity (Wildman–Crippen MR) is 63.1 cm³/mol. The molecule has 1 aromatic carbocycles. The first-order valence-corrected chi connectivity index (χ1v) is 4.88. The van der Waals surface area contributed by atoms with Crippen LogP contribution < -0.4 is 5.32 Å². The Morgan fingerprint density at radius 3 is 2.80 bits per heavy atom. The standard InChI is InChI=1S/C12H14N2.ClH/c1-12(2)8-14-7-10-5-3-4-9(6-13)11(10)12;/h3-5,14H,7-8H2,1-2H3;1H. The van der Waals surface area contributed by atoms with E-state index in [0.29, 0.717) is 0 Å². The predicted octanol–water partition coefficient (Wildman–Crippen LogP) is 2.36. The molecule has 1 aromatic rings. The van der Waals surface area contributed by atoms with Gasteiger partial charge in [-0.25, -0.2) is 0 Å². The lowest BCUT2D eigenvalue weighted by molar-refractivity contribution is 0.434. The maximum atomic E-state index is 9.06. The molecule has 0 amide bonds. The van der Waals surface area contributed by atoms with E-state index in [1.165, 1.54) is 11.1 Å². The zero-order valence-corrected chi connectivity index (χ0v) is 9.82. The quantitative estimate of drug-likeness (QED) is 0.732. The van der Waals surface area contributed by atoms with Crippen molar-refractivity contribution in [3.63, 3.8) is 0 Å². The second-order valence-electron chi connectivity index (χ2n) is 4.44. The van der Waals surface area contributed by atoms with E-state index in [4.69, 9.17) is 5.26 Å². The molecule has 0 saturated heterocycles. The zero-order chi connectivity index (χ0) is 10.2. The third kappa shape index (κ3) is 1.99. The van der Waals surface area contributed by atoms with Crippen molar-refractivity contribution in [2.45, 2.75) is 25.8 Å². The van der Waals surface area contributed by atoms with Gasteiger partial charge in [-0.3, -0.25) is 0 Å². The molecule has 2 rings (SSSR count). The van der Waals surface area contributed by atoms with Crippen LogP contribution in [0.5, 0.6) is 0 Å². The minimum atomic E-state index is 0. The first-order valence-electron chi connectivity index (χ1n) is 4.88. The van der Waals surface area contributed by atoms with Gasteiger partial charge in [0, 0.05) is 18.5 Å². The van der Waals surface area contributed by atoms with Crippen LogP contribution in [0.4, 0.5) is 0 Å². The highest BCUT2D eigenvalue weighted by molar-refractivity contribution is 5.85. The number of fused-ring (bicyclic) bond motifs is 1. The summed E-state index contributed by atoms with van der Waals surface area (Å²) in [6.07, 6.45) is 0. The summed E-state index contributed by atoms with van der Waals surface area (Å²) in [5, 5.41) is 12.4. The lowest BCUT2D eigenvalue weighted by atomic mass is 9.77. The molecule has 3 heteroatoms. The van der Waals surface area contributed by atoms with Crippen molar-refractivity contribution in [3.05, 3.63) is 34.9 Å². The molecular formula is C12H15ClN2. The highest BCUT2D eigenvalue weighted by atomic mass is 35.5. The molecule has 0 bridgehead atoms. The zero-order valence-electron chi connectivity index (χ0n) is 9.00. The highest BCUT2D eigenvalue weighted by Gasteiger charge is 2.29. The topological polar surface area (TPSA) is 35.8 Å². The van der Waals surface area contributed by atoms with E-state index in [-0.39, 0.29) is 17.8 Å². The molecule has 2 nitrogen and oxygen atoms in total. The molecule has 1 aliphatic rings. The van der Waals surface area contributed by atoms with Gasteiger partial charge in [-0.2, -0.15) is 5.26 Å². The molecule has 1 aliphatic heterocycles. The molecule has 0 spiro atoms. The fourth-order valence-corrected chi connectivity index (χ4v) is 2.24. The number of benzene rings is 1. The van der Waals surface area contributed by atoms with Crippen molar-refractivity contribution in [3.8, 4) is 6.07 Å². The molecule has 15 heavy (non-hydrogen) atoms. The van der Waals surface area contributed by atoms with Crippen LogP contribution in [-0.4, -0.2) is 6.54 Å². The molecule has 0 fully saturated rings. The van der Waals surface area contributed by atoms with Crippen molar-refractivity contribution in [2.75, 3.05) is 6.54 Å². The van der Waals surface area contributed by atoms with Crippen LogP contribution in [0.3, 0.4) is 0 Å². The van der Waals surface area contributed by atoms with Gasteiger partial charge in [0.05, 0.1) is 11.6 Å². The summed E-state index contributed by atoms with van der Waals surface area (Å²) in [5.41, 5.74) is 3.38. The summed E-state index contributed by atoms with van der Waals surface area (Å²) in [4.78, 5) is 0. The molecule has 1 N–H and O–H groups in total. The minimum absolute atomic E-state index is 0. The molecule has 80 valence electrons. The monoisotopic (exact) mass is 222 g/mol. The molecule has 0 aromatic heterocycles. The smallest absolute Gasteiger partial charge is 0.0994 e. The fourth-order valence-electron chi connectivity index (χ4n) is 2.24. The third-order valence-electron chi connectivity index (χ3n) is 2.83. The van der Waals surface area contributed by atoms with E-state index in [9.17, 15) is 0 Å². The average molecular weight is 223 g/mol. The van der Waals surface area contributed by atoms with E-state index in [1.54, 1.807) is 0 Å². The molecule has 0 atom stereocenters. The molecular weight excluding hydrogens is 208 g/mol. The number of halogens is 1. The number of hydrogen-bond donors (Lipinski definition) is 1. The summed E-state index contributed by atoms with van der Waals surface area (Å²) in [5.74, 6) is 0. The maximum Gasteiger partial charge on any atom is 0.0994 e. The summed E-state index contributed by atoms with van der Waals surface area (Å²) in [6, 6.07) is 8.25. The average Bonchev–Trinajstić information content (AvgIpc) is 2.16. The fraction of sp³-hybridized carbons (Fsp3) is 0.417. The van der Waals surface area contributed by atoms with Crippen molar-refractivity contribution < 1.29 is 0 Å². The van der Waals surface area contributed by atoms with Crippen molar-refractivity contribution in [2.24, 2.45) is 0 Å². The molecule has 0 unspecified atom stereocenters. The Balaban J connectivity index is 0.00000112. The van der Waals surface area contributed by atoms with Gasteiger partial charge in [0.15, 0.2) is 0 Å². The van der Waals surface area contributed by atoms with E-state index >= 15 is 0 Å². The van der Waals surface area contributed by atoms with Crippen LogP contribution >= 0.6 is 12.4 Å². The van der Waals surface area contributed by atoms with Crippen molar-refractivity contribution in [1.82, 2.24) is 5.32 Å². The Morgan fingerprint density at radius 2 is 2.13 bits per heavy atom. The molecule has 1 heterocycles. The van der Waals surface area contributed by atoms with Gasteiger partial charge in [0.25, 0.3) is 0 Å². The Labute approximate surface area is 96.7 Å². The maximum absolute atomic E-state index is 9.06. The van der Waals surface area contributed by atoms with Gasteiger partial charge >= 0.3 is 0 Å². The van der Waals surface area contributed by atoms with E-state index in [0.717, 1.165) is 18.7 Å². The second-order valence-corrected chi connectivity index (χ2v) is 4.44. The highest BCUT2D eigenvalue weighted by Crippen LogP contribution is 2.31. The van der Waals surface area contributed by atoms with E-state index in [1.807, 2.05) is 12.1 Å². The van der Waals surface area contributed by atoms with Gasteiger partial charge in [0.1, 0.15) is 0 Å². The van der Waals surface area contributed by atoms with E-state index < -0.39 is 0 Å². The second kappa shape index (κ2) is 4.22. The van der Waals surface area contributed by atoms with E-state index in [2.05, 4.69) is 31.3 Å². The van der Waals surface area contributed by atoms with Gasteiger partial charge in [-0.15, -0.1) is 12.4 Å². The number of nitriles is 1. The van der Waals surface area contributed by atoms with Crippen LogP contribution in [-0.2, 0) is 12.0 Å². The Kier molecular flexibility index (Phi) is 3.38. The van der Waals surface area contributed by atoms with Gasteiger partial charge in [-0.1, -0.05) is 26.0 Å². The number of rotatable bonds is 0. The molecule has 0 aliphatic carbocycles. The minimum Gasteiger partial charge on any atom is -0.312 e. The first-order chi connectivity index (χ1) is 6.65. The SMILES string of the molecule is CC1(C)CNCc2cccc(C#N)c21.Cl. The summed E-state index contributed by atoms with van der Waals surface area (Å²) in [7, 11) is 0. The van der Waals surface area contributed by atoms with Crippen LogP contribution in [0.2, 0.25) is 0 Å². The van der Waals surface area contributed by atoms with Crippen LogP contribution in [0.1, 0.15) is 30.5 Å². The third-order valence-corrected chi connectivity index (χ3v) is 2.83. The van der Waals surface area contributed by atoms with Gasteiger partial charge in [-0.05, 0) is 17.2 Å². The Hall–Kier alpha value is -1.04. The van der Waals surface area contributed by atoms with Crippen molar-refractivity contribution >= 4 is 12.4 Å². The van der Waals surface area contributed by atoms with Crippen LogP contribution in [0.25, 0.3) is 0 Å². The van der Waals surface area contributed by atoms with Gasteiger partial charge in [0.2, 0.25) is 0 Å². The summed E-state index contributed by atoms with van der Waals surface area (Å²) in [6.45, 7) is 6.19. The lowest BCUT2D eigenvalue weighted by Gasteiger charge is -2.33. The van der Waals surface area contributed by atoms with Crippen LogP contribution in [0, 0.1) is 11.3 Å².